The van der Waals surface area contributed by atoms with E-state index in [1.165, 1.54) is 0 Å². The van der Waals surface area contributed by atoms with Crippen molar-refractivity contribution in [1.82, 2.24) is 0 Å². The summed E-state index contributed by atoms with van der Waals surface area (Å²) in [6, 6.07) is 5.41. The fourth-order valence-corrected chi connectivity index (χ4v) is 1.41. The Morgan fingerprint density at radius 2 is 2.00 bits per heavy atom. The highest BCUT2D eigenvalue weighted by Gasteiger charge is 2.17. The zero-order chi connectivity index (χ0) is 12.1. The molecule has 1 aromatic rings. The lowest BCUT2D eigenvalue weighted by atomic mass is 9.79. The highest BCUT2D eigenvalue weighted by molar-refractivity contribution is 6.59. The average molecular weight is 222 g/mol. The molecule has 2 N–H and O–H groups in total. The fourth-order valence-electron chi connectivity index (χ4n) is 1.41. The van der Waals surface area contributed by atoms with Gasteiger partial charge < -0.3 is 14.8 Å². The van der Waals surface area contributed by atoms with Gasteiger partial charge in [0.15, 0.2) is 0 Å². The number of ether oxygens (including phenoxy) is 1. The van der Waals surface area contributed by atoms with E-state index in [-0.39, 0.29) is 0 Å². The van der Waals surface area contributed by atoms with Crippen LogP contribution in [-0.2, 0) is 0 Å². The molecule has 16 heavy (non-hydrogen) atoms. The summed E-state index contributed by atoms with van der Waals surface area (Å²) >= 11 is 0. The second kappa shape index (κ2) is 5.92. The SMILES string of the molecule is Cc1ccc(OCCC(C)C)c(B(O)O)c1. The molecule has 1 aromatic carbocycles. The predicted molar refractivity (Wildman–Crippen MR) is 66.0 cm³/mol. The summed E-state index contributed by atoms with van der Waals surface area (Å²) in [5, 5.41) is 18.4. The van der Waals surface area contributed by atoms with Crippen molar-refractivity contribution in [2.24, 2.45) is 5.92 Å². The maximum absolute atomic E-state index is 9.21. The van der Waals surface area contributed by atoms with Gasteiger partial charge in [0.2, 0.25) is 0 Å². The third-order valence-corrected chi connectivity index (χ3v) is 2.40. The maximum Gasteiger partial charge on any atom is 0.492 e. The molecule has 0 heterocycles. The first-order valence-electron chi connectivity index (χ1n) is 5.60. The lowest BCUT2D eigenvalue weighted by Gasteiger charge is -2.12. The zero-order valence-electron chi connectivity index (χ0n) is 10.1. The summed E-state index contributed by atoms with van der Waals surface area (Å²) in [7, 11) is -1.48. The van der Waals surface area contributed by atoms with Gasteiger partial charge in [0.25, 0.3) is 0 Å². The number of rotatable bonds is 5. The topological polar surface area (TPSA) is 49.7 Å². The summed E-state index contributed by atoms with van der Waals surface area (Å²) in [6.45, 7) is 6.75. The quantitative estimate of drug-likeness (QED) is 0.733. The molecule has 0 radical (unpaired) electrons. The van der Waals surface area contributed by atoms with Gasteiger partial charge in [-0.2, -0.15) is 0 Å². The molecule has 0 atom stereocenters. The van der Waals surface area contributed by atoms with Crippen LogP contribution in [0.15, 0.2) is 18.2 Å². The Morgan fingerprint density at radius 1 is 1.31 bits per heavy atom. The van der Waals surface area contributed by atoms with Crippen LogP contribution >= 0.6 is 0 Å². The van der Waals surface area contributed by atoms with E-state index in [0.717, 1.165) is 12.0 Å². The van der Waals surface area contributed by atoms with Crippen molar-refractivity contribution in [3.05, 3.63) is 23.8 Å². The highest BCUT2D eigenvalue weighted by Crippen LogP contribution is 2.11. The van der Waals surface area contributed by atoms with Gasteiger partial charge in [-0.3, -0.25) is 0 Å². The number of benzene rings is 1. The number of aryl methyl sites for hydroxylation is 1. The Bertz CT molecular complexity index is 337. The van der Waals surface area contributed by atoms with Crippen LogP contribution < -0.4 is 10.2 Å². The molecule has 0 bridgehead atoms. The average Bonchev–Trinajstić information content (AvgIpc) is 2.19. The van der Waals surface area contributed by atoms with Crippen LogP contribution in [0.5, 0.6) is 5.75 Å². The number of hydrogen-bond acceptors (Lipinski definition) is 3. The molecule has 4 heteroatoms. The van der Waals surface area contributed by atoms with E-state index in [0.29, 0.717) is 23.7 Å². The minimum Gasteiger partial charge on any atom is -0.494 e. The second-order valence-electron chi connectivity index (χ2n) is 4.45. The molecule has 0 unspecified atom stereocenters. The van der Waals surface area contributed by atoms with Crippen LogP contribution in [0.1, 0.15) is 25.8 Å². The van der Waals surface area contributed by atoms with E-state index < -0.39 is 7.12 Å². The summed E-state index contributed by atoms with van der Waals surface area (Å²) in [5.41, 5.74) is 1.42. The fraction of sp³-hybridized carbons (Fsp3) is 0.500. The molecule has 0 fully saturated rings. The van der Waals surface area contributed by atoms with Crippen LogP contribution in [0, 0.1) is 12.8 Å². The molecular formula is C12H19BO3. The van der Waals surface area contributed by atoms with Crippen LogP contribution in [0.4, 0.5) is 0 Å². The first-order chi connectivity index (χ1) is 7.50. The van der Waals surface area contributed by atoms with E-state index >= 15 is 0 Å². The third-order valence-electron chi connectivity index (χ3n) is 2.40. The standard InChI is InChI=1S/C12H19BO3/c1-9(2)6-7-16-12-5-4-10(3)8-11(12)13(14)15/h4-5,8-9,14-15H,6-7H2,1-3H3. The summed E-state index contributed by atoms with van der Waals surface area (Å²) < 4.78 is 5.54. The smallest absolute Gasteiger partial charge is 0.492 e. The van der Waals surface area contributed by atoms with E-state index in [9.17, 15) is 10.0 Å². The zero-order valence-corrected chi connectivity index (χ0v) is 10.1. The second-order valence-corrected chi connectivity index (χ2v) is 4.45. The highest BCUT2D eigenvalue weighted by atomic mass is 16.5. The van der Waals surface area contributed by atoms with Gasteiger partial charge >= 0.3 is 7.12 Å². The van der Waals surface area contributed by atoms with Crippen molar-refractivity contribution in [3.8, 4) is 5.75 Å². The Kier molecular flexibility index (Phi) is 4.84. The largest absolute Gasteiger partial charge is 0.494 e. The van der Waals surface area contributed by atoms with E-state index in [1.54, 1.807) is 12.1 Å². The Morgan fingerprint density at radius 3 is 2.56 bits per heavy atom. The molecule has 1 rings (SSSR count). The van der Waals surface area contributed by atoms with E-state index in [4.69, 9.17) is 4.74 Å². The Hall–Kier alpha value is -0.995. The molecule has 0 saturated carbocycles. The minimum absolute atomic E-state index is 0.434. The molecule has 3 nitrogen and oxygen atoms in total. The van der Waals surface area contributed by atoms with Gasteiger partial charge in [0.1, 0.15) is 5.75 Å². The first-order valence-corrected chi connectivity index (χ1v) is 5.60. The predicted octanol–water partition coefficient (Wildman–Crippen LogP) is 1.10. The molecule has 88 valence electrons. The van der Waals surface area contributed by atoms with E-state index in [2.05, 4.69) is 13.8 Å². The van der Waals surface area contributed by atoms with Crippen molar-refractivity contribution in [3.63, 3.8) is 0 Å². The molecule has 0 spiro atoms. The van der Waals surface area contributed by atoms with Crippen LogP contribution in [0.3, 0.4) is 0 Å². The Balaban J connectivity index is 2.71. The molecule has 0 amide bonds. The summed E-state index contributed by atoms with van der Waals surface area (Å²) in [5.74, 6) is 1.13. The van der Waals surface area contributed by atoms with Crippen molar-refractivity contribution >= 4 is 12.6 Å². The van der Waals surface area contributed by atoms with Crippen molar-refractivity contribution in [2.45, 2.75) is 27.2 Å². The van der Waals surface area contributed by atoms with Gasteiger partial charge in [-0.1, -0.05) is 31.5 Å². The van der Waals surface area contributed by atoms with Crippen molar-refractivity contribution in [2.75, 3.05) is 6.61 Å². The van der Waals surface area contributed by atoms with E-state index in [1.807, 2.05) is 13.0 Å². The Labute approximate surface area is 97.2 Å². The van der Waals surface area contributed by atoms with Gasteiger partial charge in [-0.25, -0.2) is 0 Å². The van der Waals surface area contributed by atoms with Crippen molar-refractivity contribution < 1.29 is 14.8 Å². The van der Waals surface area contributed by atoms with Gasteiger partial charge in [-0.15, -0.1) is 0 Å². The van der Waals surface area contributed by atoms with Crippen molar-refractivity contribution in [1.29, 1.82) is 0 Å². The summed E-state index contributed by atoms with van der Waals surface area (Å²) in [4.78, 5) is 0. The first kappa shape index (κ1) is 13.1. The molecule has 0 aliphatic rings. The maximum atomic E-state index is 9.21. The summed E-state index contributed by atoms with van der Waals surface area (Å²) in [6.07, 6.45) is 0.953. The van der Waals surface area contributed by atoms with Crippen LogP contribution in [0.2, 0.25) is 0 Å². The lowest BCUT2D eigenvalue weighted by molar-refractivity contribution is 0.290. The molecule has 0 aromatic heterocycles. The minimum atomic E-state index is -1.48. The monoisotopic (exact) mass is 222 g/mol. The normalized spacial score (nSPS) is 10.6. The van der Waals surface area contributed by atoms with Gasteiger partial charge in [0, 0.05) is 5.46 Å². The molecule has 0 saturated heterocycles. The molecular weight excluding hydrogens is 203 g/mol. The van der Waals surface area contributed by atoms with Crippen LogP contribution in [-0.4, -0.2) is 23.8 Å². The van der Waals surface area contributed by atoms with Gasteiger partial charge in [0.05, 0.1) is 6.61 Å². The molecule has 0 aliphatic heterocycles. The lowest BCUT2D eigenvalue weighted by Crippen LogP contribution is -2.31. The molecule has 0 aliphatic carbocycles. The third kappa shape index (κ3) is 3.87. The number of hydrogen-bond donors (Lipinski definition) is 2. The van der Waals surface area contributed by atoms with Gasteiger partial charge in [-0.05, 0) is 25.3 Å². The van der Waals surface area contributed by atoms with Crippen LogP contribution in [0.25, 0.3) is 0 Å².